The molecular formula is C19H26. The van der Waals surface area contributed by atoms with Gasteiger partial charge in [-0.2, -0.15) is 0 Å². The molecule has 2 aromatic carbocycles. The minimum absolute atomic E-state index is 1.25. The standard InChI is InChI=1S/C16H18.C3H8/c1-11-5-7-15(9-13(11)3)16-8-6-12(2)14(4)10-16;1-3-2/h5-10H,1-4H3;3H2,1-2H3. The maximum absolute atomic E-state index is 2.26. The first-order valence-corrected chi connectivity index (χ1v) is 7.14. The van der Waals surface area contributed by atoms with Crippen LogP contribution >= 0.6 is 0 Å². The molecule has 0 amide bonds. The fourth-order valence-electron chi connectivity index (χ4n) is 1.84. The molecule has 0 unspecified atom stereocenters. The lowest BCUT2D eigenvalue weighted by molar-refractivity contribution is 1.09. The number of hydrogen-bond acceptors (Lipinski definition) is 0. The van der Waals surface area contributed by atoms with Crippen molar-refractivity contribution in [1.29, 1.82) is 0 Å². The van der Waals surface area contributed by atoms with Crippen molar-refractivity contribution in [2.24, 2.45) is 0 Å². The van der Waals surface area contributed by atoms with Crippen LogP contribution in [0.3, 0.4) is 0 Å². The summed E-state index contributed by atoms with van der Waals surface area (Å²) >= 11 is 0. The Labute approximate surface area is 118 Å². The molecule has 0 aromatic heterocycles. The van der Waals surface area contributed by atoms with Crippen LogP contribution in [0.1, 0.15) is 42.5 Å². The predicted molar refractivity (Wildman–Crippen MR) is 86.8 cm³/mol. The maximum atomic E-state index is 2.26. The molecule has 2 aromatic rings. The van der Waals surface area contributed by atoms with Gasteiger partial charge in [-0.15, -0.1) is 0 Å². The van der Waals surface area contributed by atoms with Crippen LogP contribution in [0, 0.1) is 27.7 Å². The lowest BCUT2D eigenvalue weighted by Gasteiger charge is -2.08. The van der Waals surface area contributed by atoms with Gasteiger partial charge in [-0.05, 0) is 61.1 Å². The molecule has 0 heteroatoms. The lowest BCUT2D eigenvalue weighted by atomic mass is 9.98. The molecule has 0 fully saturated rings. The molecule has 0 aliphatic rings. The fourth-order valence-corrected chi connectivity index (χ4v) is 1.84. The van der Waals surface area contributed by atoms with E-state index in [4.69, 9.17) is 0 Å². The van der Waals surface area contributed by atoms with E-state index < -0.39 is 0 Å². The van der Waals surface area contributed by atoms with Crippen LogP contribution in [-0.4, -0.2) is 0 Å². The monoisotopic (exact) mass is 254 g/mol. The summed E-state index contributed by atoms with van der Waals surface area (Å²) in [5.74, 6) is 0. The van der Waals surface area contributed by atoms with E-state index in [9.17, 15) is 0 Å². The Balaban J connectivity index is 0.000000550. The van der Waals surface area contributed by atoms with E-state index in [1.807, 2.05) is 0 Å². The third kappa shape index (κ3) is 4.24. The van der Waals surface area contributed by atoms with Gasteiger partial charge in [0.25, 0.3) is 0 Å². The lowest BCUT2D eigenvalue weighted by Crippen LogP contribution is -1.86. The Hall–Kier alpha value is -1.56. The molecule has 19 heavy (non-hydrogen) atoms. The van der Waals surface area contributed by atoms with Crippen molar-refractivity contribution >= 4 is 0 Å². The van der Waals surface area contributed by atoms with Gasteiger partial charge in [-0.3, -0.25) is 0 Å². The van der Waals surface area contributed by atoms with Gasteiger partial charge in [0.2, 0.25) is 0 Å². The van der Waals surface area contributed by atoms with Gasteiger partial charge in [0.1, 0.15) is 0 Å². The molecule has 0 aliphatic carbocycles. The highest BCUT2D eigenvalue weighted by atomic mass is 14.1. The molecule has 0 atom stereocenters. The summed E-state index contributed by atoms with van der Waals surface area (Å²) in [6.07, 6.45) is 1.25. The summed E-state index contributed by atoms with van der Waals surface area (Å²) < 4.78 is 0. The van der Waals surface area contributed by atoms with Crippen LogP contribution in [0.5, 0.6) is 0 Å². The average molecular weight is 254 g/mol. The van der Waals surface area contributed by atoms with Crippen LogP contribution in [0.15, 0.2) is 36.4 Å². The molecule has 0 bridgehead atoms. The zero-order chi connectivity index (χ0) is 14.4. The summed E-state index contributed by atoms with van der Waals surface area (Å²) in [6, 6.07) is 13.3. The first-order valence-electron chi connectivity index (χ1n) is 7.14. The van der Waals surface area contributed by atoms with Gasteiger partial charge in [-0.25, -0.2) is 0 Å². The van der Waals surface area contributed by atoms with Crippen LogP contribution in [0.25, 0.3) is 11.1 Å². The maximum Gasteiger partial charge on any atom is -0.0181 e. The first-order chi connectivity index (χ1) is 8.99. The summed E-state index contributed by atoms with van der Waals surface area (Å²) in [6.45, 7) is 12.9. The Bertz CT molecular complexity index is 486. The Morgan fingerprint density at radius 1 is 0.579 bits per heavy atom. The van der Waals surface area contributed by atoms with Gasteiger partial charge in [0.05, 0.1) is 0 Å². The van der Waals surface area contributed by atoms with E-state index in [1.165, 1.54) is 39.8 Å². The Kier molecular flexibility index (Phi) is 5.82. The molecule has 0 aliphatic heterocycles. The molecule has 2 rings (SSSR count). The highest BCUT2D eigenvalue weighted by Crippen LogP contribution is 2.24. The van der Waals surface area contributed by atoms with E-state index in [-0.39, 0.29) is 0 Å². The minimum Gasteiger partial charge on any atom is -0.0656 e. The smallest absolute Gasteiger partial charge is 0.0181 e. The topological polar surface area (TPSA) is 0 Å². The molecule has 0 heterocycles. The Morgan fingerprint density at radius 3 is 1.16 bits per heavy atom. The quantitative estimate of drug-likeness (QED) is 0.585. The number of aryl methyl sites for hydroxylation is 4. The van der Waals surface area contributed by atoms with E-state index in [0.717, 1.165) is 0 Å². The van der Waals surface area contributed by atoms with Crippen LogP contribution in [0.2, 0.25) is 0 Å². The summed E-state index contributed by atoms with van der Waals surface area (Å²) in [4.78, 5) is 0. The van der Waals surface area contributed by atoms with Crippen molar-refractivity contribution < 1.29 is 0 Å². The van der Waals surface area contributed by atoms with Gasteiger partial charge in [-0.1, -0.05) is 56.7 Å². The van der Waals surface area contributed by atoms with Crippen molar-refractivity contribution in [3.63, 3.8) is 0 Å². The third-order valence-corrected chi connectivity index (χ3v) is 3.35. The van der Waals surface area contributed by atoms with Crippen molar-refractivity contribution in [3.05, 3.63) is 58.7 Å². The van der Waals surface area contributed by atoms with Gasteiger partial charge < -0.3 is 0 Å². The largest absolute Gasteiger partial charge is 0.0656 e. The minimum atomic E-state index is 1.25. The zero-order valence-electron chi connectivity index (χ0n) is 13.2. The summed E-state index contributed by atoms with van der Waals surface area (Å²) in [5.41, 5.74) is 8.05. The van der Waals surface area contributed by atoms with Gasteiger partial charge >= 0.3 is 0 Å². The molecule has 0 nitrogen and oxygen atoms in total. The highest BCUT2D eigenvalue weighted by Gasteiger charge is 2.01. The molecular weight excluding hydrogens is 228 g/mol. The van der Waals surface area contributed by atoms with Crippen LogP contribution in [0.4, 0.5) is 0 Å². The second kappa shape index (κ2) is 7.13. The van der Waals surface area contributed by atoms with Crippen molar-refractivity contribution in [3.8, 4) is 11.1 Å². The van der Waals surface area contributed by atoms with Crippen molar-refractivity contribution in [1.82, 2.24) is 0 Å². The van der Waals surface area contributed by atoms with E-state index in [0.29, 0.717) is 0 Å². The fraction of sp³-hybridized carbons (Fsp3) is 0.368. The zero-order valence-corrected chi connectivity index (χ0v) is 13.2. The second-order valence-corrected chi connectivity index (χ2v) is 5.31. The normalized spacial score (nSPS) is 9.79. The predicted octanol–water partition coefficient (Wildman–Crippen LogP) is 6.00. The highest BCUT2D eigenvalue weighted by molar-refractivity contribution is 5.66. The SMILES string of the molecule is CCC.Cc1ccc(-c2ccc(C)c(C)c2)cc1C. The van der Waals surface area contributed by atoms with Crippen molar-refractivity contribution in [2.45, 2.75) is 48.0 Å². The molecule has 0 N–H and O–H groups in total. The second-order valence-electron chi connectivity index (χ2n) is 5.31. The molecule has 0 saturated carbocycles. The van der Waals surface area contributed by atoms with Crippen LogP contribution < -0.4 is 0 Å². The molecule has 0 spiro atoms. The van der Waals surface area contributed by atoms with E-state index in [2.05, 4.69) is 77.9 Å². The van der Waals surface area contributed by atoms with Crippen LogP contribution in [-0.2, 0) is 0 Å². The summed E-state index contributed by atoms with van der Waals surface area (Å²) in [7, 11) is 0. The third-order valence-electron chi connectivity index (χ3n) is 3.35. The molecule has 0 saturated heterocycles. The Morgan fingerprint density at radius 2 is 0.895 bits per heavy atom. The summed E-state index contributed by atoms with van der Waals surface area (Å²) in [5, 5.41) is 0. The first kappa shape index (κ1) is 15.5. The van der Waals surface area contributed by atoms with Gasteiger partial charge in [0.15, 0.2) is 0 Å². The molecule has 102 valence electrons. The van der Waals surface area contributed by atoms with E-state index >= 15 is 0 Å². The number of hydrogen-bond donors (Lipinski definition) is 0. The molecule has 0 radical (unpaired) electrons. The number of rotatable bonds is 1. The average Bonchev–Trinajstić information content (AvgIpc) is 2.37. The van der Waals surface area contributed by atoms with E-state index in [1.54, 1.807) is 0 Å². The number of benzene rings is 2. The van der Waals surface area contributed by atoms with Crippen molar-refractivity contribution in [2.75, 3.05) is 0 Å². The van der Waals surface area contributed by atoms with Gasteiger partial charge in [0, 0.05) is 0 Å².